The molecule has 1 aromatic rings. The molecule has 1 aromatic carbocycles. The van der Waals surface area contributed by atoms with Gasteiger partial charge in [0.05, 0.1) is 17.1 Å². The standard InChI is InChI=1S/C12H12BrF3N2O.ClH/c13-8-2-1-7(3-9(8)14)5-17-11(19)10-4-12(15,16)6-18-10;/h1-3,10,18H,4-6H2,(H,17,19);1H. The Hall–Kier alpha value is -0.790. The second kappa shape index (κ2) is 6.78. The van der Waals surface area contributed by atoms with E-state index in [1.54, 1.807) is 6.07 Å². The van der Waals surface area contributed by atoms with Crippen LogP contribution in [0.15, 0.2) is 22.7 Å². The van der Waals surface area contributed by atoms with Crippen molar-refractivity contribution in [2.24, 2.45) is 0 Å². The van der Waals surface area contributed by atoms with Gasteiger partial charge in [0, 0.05) is 13.0 Å². The number of rotatable bonds is 3. The normalized spacial score (nSPS) is 20.3. The molecule has 1 unspecified atom stereocenters. The van der Waals surface area contributed by atoms with E-state index in [0.29, 0.717) is 10.0 Å². The third-order valence-electron chi connectivity index (χ3n) is 2.88. The van der Waals surface area contributed by atoms with Gasteiger partial charge in [-0.15, -0.1) is 12.4 Å². The summed E-state index contributed by atoms with van der Waals surface area (Å²) in [4.78, 5) is 11.6. The molecule has 1 aliphatic heterocycles. The summed E-state index contributed by atoms with van der Waals surface area (Å²) in [5, 5.41) is 4.97. The second-order valence-electron chi connectivity index (χ2n) is 4.46. The first-order valence-corrected chi connectivity index (χ1v) is 6.49. The van der Waals surface area contributed by atoms with E-state index in [4.69, 9.17) is 0 Å². The van der Waals surface area contributed by atoms with Crippen molar-refractivity contribution < 1.29 is 18.0 Å². The van der Waals surface area contributed by atoms with Gasteiger partial charge >= 0.3 is 0 Å². The number of hydrogen-bond acceptors (Lipinski definition) is 2. The molecule has 8 heteroatoms. The molecule has 1 aliphatic rings. The van der Waals surface area contributed by atoms with Crippen LogP contribution < -0.4 is 10.6 Å². The van der Waals surface area contributed by atoms with E-state index in [1.165, 1.54) is 12.1 Å². The minimum atomic E-state index is -2.84. The van der Waals surface area contributed by atoms with E-state index < -0.39 is 36.7 Å². The van der Waals surface area contributed by atoms with E-state index in [9.17, 15) is 18.0 Å². The van der Waals surface area contributed by atoms with E-state index in [1.807, 2.05) is 0 Å². The van der Waals surface area contributed by atoms with Crippen LogP contribution >= 0.6 is 28.3 Å². The van der Waals surface area contributed by atoms with E-state index in [0.717, 1.165) is 0 Å². The summed E-state index contributed by atoms with van der Waals surface area (Å²) in [5.74, 6) is -3.77. The monoisotopic (exact) mass is 372 g/mol. The van der Waals surface area contributed by atoms with Crippen molar-refractivity contribution in [1.29, 1.82) is 0 Å². The molecule has 0 saturated carbocycles. The molecule has 1 atom stereocenters. The summed E-state index contributed by atoms with van der Waals surface area (Å²) in [6.45, 7) is -0.384. The highest BCUT2D eigenvalue weighted by Gasteiger charge is 2.42. The van der Waals surface area contributed by atoms with Crippen LogP contribution in [0.25, 0.3) is 0 Å². The lowest BCUT2D eigenvalue weighted by Gasteiger charge is -2.11. The minimum absolute atomic E-state index is 0. The Morgan fingerprint density at radius 2 is 2.20 bits per heavy atom. The van der Waals surface area contributed by atoms with Crippen molar-refractivity contribution in [1.82, 2.24) is 10.6 Å². The third kappa shape index (κ3) is 4.36. The van der Waals surface area contributed by atoms with Crippen LogP contribution in [-0.2, 0) is 11.3 Å². The molecular weight excluding hydrogens is 360 g/mol. The Balaban J connectivity index is 0.00000200. The number of nitrogens with one attached hydrogen (secondary N) is 2. The Kier molecular flexibility index (Phi) is 5.85. The Labute approximate surface area is 128 Å². The fraction of sp³-hybridized carbons (Fsp3) is 0.417. The first-order chi connectivity index (χ1) is 8.87. The van der Waals surface area contributed by atoms with Crippen molar-refractivity contribution >= 4 is 34.2 Å². The zero-order chi connectivity index (χ0) is 14.0. The van der Waals surface area contributed by atoms with E-state index in [2.05, 4.69) is 26.6 Å². The topological polar surface area (TPSA) is 41.1 Å². The maximum atomic E-state index is 13.2. The zero-order valence-corrected chi connectivity index (χ0v) is 12.7. The third-order valence-corrected chi connectivity index (χ3v) is 3.52. The Bertz CT molecular complexity index is 502. The Morgan fingerprint density at radius 3 is 2.75 bits per heavy atom. The first kappa shape index (κ1) is 17.3. The van der Waals surface area contributed by atoms with Crippen LogP contribution in [0.3, 0.4) is 0 Å². The van der Waals surface area contributed by atoms with Gasteiger partial charge in [-0.1, -0.05) is 6.07 Å². The lowest BCUT2D eigenvalue weighted by Crippen LogP contribution is -2.40. The van der Waals surface area contributed by atoms with Crippen molar-refractivity contribution in [2.45, 2.75) is 24.9 Å². The van der Waals surface area contributed by atoms with Crippen LogP contribution in [0.1, 0.15) is 12.0 Å². The summed E-state index contributed by atoms with van der Waals surface area (Å²) in [6, 6.07) is 3.56. The molecule has 1 heterocycles. The minimum Gasteiger partial charge on any atom is -0.351 e. The average Bonchev–Trinajstić information content (AvgIpc) is 2.71. The zero-order valence-electron chi connectivity index (χ0n) is 10.3. The molecule has 20 heavy (non-hydrogen) atoms. The van der Waals surface area contributed by atoms with Gasteiger partial charge in [-0.3, -0.25) is 10.1 Å². The highest BCUT2D eigenvalue weighted by atomic mass is 79.9. The second-order valence-corrected chi connectivity index (χ2v) is 5.31. The highest BCUT2D eigenvalue weighted by Crippen LogP contribution is 2.25. The molecule has 1 saturated heterocycles. The molecule has 0 radical (unpaired) electrons. The van der Waals surface area contributed by atoms with Crippen LogP contribution in [0, 0.1) is 5.82 Å². The predicted molar refractivity (Wildman–Crippen MR) is 74.5 cm³/mol. The van der Waals surface area contributed by atoms with Crippen molar-refractivity contribution in [3.8, 4) is 0 Å². The van der Waals surface area contributed by atoms with Gasteiger partial charge < -0.3 is 5.32 Å². The fourth-order valence-electron chi connectivity index (χ4n) is 1.86. The maximum absolute atomic E-state index is 13.2. The van der Waals surface area contributed by atoms with Crippen LogP contribution in [0.2, 0.25) is 0 Å². The molecule has 1 amide bonds. The number of carbonyl (C=O) groups is 1. The van der Waals surface area contributed by atoms with Gasteiger partial charge in [-0.05, 0) is 33.6 Å². The van der Waals surface area contributed by atoms with E-state index in [-0.39, 0.29) is 19.0 Å². The van der Waals surface area contributed by atoms with Gasteiger partial charge in [-0.25, -0.2) is 13.2 Å². The molecule has 2 N–H and O–H groups in total. The number of hydrogen-bond donors (Lipinski definition) is 2. The molecule has 3 nitrogen and oxygen atoms in total. The summed E-state index contributed by atoms with van der Waals surface area (Å²) < 4.78 is 39.4. The molecule has 112 valence electrons. The fourth-order valence-corrected chi connectivity index (χ4v) is 2.11. The van der Waals surface area contributed by atoms with Gasteiger partial charge in [0.15, 0.2) is 0 Å². The molecule has 1 fully saturated rings. The number of halogens is 5. The maximum Gasteiger partial charge on any atom is 0.262 e. The summed E-state index contributed by atoms with van der Waals surface area (Å²) in [6.07, 6.45) is -0.506. The van der Waals surface area contributed by atoms with Gasteiger partial charge in [-0.2, -0.15) is 0 Å². The summed E-state index contributed by atoms with van der Waals surface area (Å²) in [7, 11) is 0. The van der Waals surface area contributed by atoms with Crippen molar-refractivity contribution in [2.75, 3.05) is 6.54 Å². The highest BCUT2D eigenvalue weighted by molar-refractivity contribution is 9.10. The van der Waals surface area contributed by atoms with E-state index >= 15 is 0 Å². The van der Waals surface area contributed by atoms with Crippen LogP contribution in [0.5, 0.6) is 0 Å². The quantitative estimate of drug-likeness (QED) is 0.855. The molecular formula is C12H13BrClF3N2O. The largest absolute Gasteiger partial charge is 0.351 e. The van der Waals surface area contributed by atoms with Crippen molar-refractivity contribution in [3.05, 3.63) is 34.1 Å². The lowest BCUT2D eigenvalue weighted by atomic mass is 10.1. The lowest BCUT2D eigenvalue weighted by molar-refractivity contribution is -0.123. The van der Waals surface area contributed by atoms with Crippen LogP contribution in [0.4, 0.5) is 13.2 Å². The molecule has 2 rings (SSSR count). The molecule has 0 spiro atoms. The van der Waals surface area contributed by atoms with Gasteiger partial charge in [0.2, 0.25) is 5.91 Å². The number of benzene rings is 1. The van der Waals surface area contributed by atoms with Crippen LogP contribution in [-0.4, -0.2) is 24.4 Å². The number of carbonyl (C=O) groups excluding carboxylic acids is 1. The number of amides is 1. The SMILES string of the molecule is Cl.O=C(NCc1ccc(Br)c(F)c1)C1CC(F)(F)CN1. The summed E-state index contributed by atoms with van der Waals surface area (Å²) >= 11 is 3.02. The first-order valence-electron chi connectivity index (χ1n) is 5.70. The van der Waals surface area contributed by atoms with Gasteiger partial charge in [0.25, 0.3) is 5.92 Å². The van der Waals surface area contributed by atoms with Gasteiger partial charge in [0.1, 0.15) is 5.82 Å². The average molecular weight is 374 g/mol. The smallest absolute Gasteiger partial charge is 0.262 e. The molecule has 0 bridgehead atoms. The summed E-state index contributed by atoms with van der Waals surface area (Å²) in [5.41, 5.74) is 0.568. The molecule has 0 aliphatic carbocycles. The molecule has 0 aromatic heterocycles. The van der Waals surface area contributed by atoms with Crippen molar-refractivity contribution in [3.63, 3.8) is 0 Å². The predicted octanol–water partition coefficient (Wildman–Crippen LogP) is 2.62. The Morgan fingerprint density at radius 1 is 1.50 bits per heavy atom. The number of alkyl halides is 2.